The first-order chi connectivity index (χ1) is 12.5. The molecule has 138 valence electrons. The lowest BCUT2D eigenvalue weighted by Crippen LogP contribution is -2.50. The first-order valence-corrected chi connectivity index (χ1v) is 8.53. The molecule has 3 N–H and O–H groups in total. The molecule has 8 heteroatoms. The Hall–Kier alpha value is -2.74. The molecule has 3 rings (SSSR count). The summed E-state index contributed by atoms with van der Waals surface area (Å²) < 4.78 is 14.6. The molecule has 1 aliphatic rings. The van der Waals surface area contributed by atoms with E-state index in [4.69, 9.17) is 5.73 Å². The van der Waals surface area contributed by atoms with Gasteiger partial charge in [0, 0.05) is 38.6 Å². The molecule has 1 aromatic heterocycles. The van der Waals surface area contributed by atoms with Crippen molar-refractivity contribution in [2.75, 3.05) is 18.0 Å². The maximum Gasteiger partial charge on any atom is 0.293 e. The van der Waals surface area contributed by atoms with Gasteiger partial charge in [-0.3, -0.25) is 14.9 Å². The van der Waals surface area contributed by atoms with Crippen LogP contribution in [0.2, 0.25) is 0 Å². The van der Waals surface area contributed by atoms with Crippen LogP contribution in [0.4, 0.5) is 10.2 Å². The number of benzene rings is 1. The number of halogens is 1. The number of nitrogens with zero attached hydrogens (tertiary/aromatic N) is 3. The van der Waals surface area contributed by atoms with E-state index >= 15 is 0 Å². The second-order valence-electron chi connectivity index (χ2n) is 6.51. The van der Waals surface area contributed by atoms with Gasteiger partial charge in [-0.15, -0.1) is 0 Å². The second kappa shape index (κ2) is 7.65. The molecule has 1 aromatic carbocycles. The zero-order valence-corrected chi connectivity index (χ0v) is 14.6. The van der Waals surface area contributed by atoms with Crippen molar-refractivity contribution in [1.82, 2.24) is 14.9 Å². The van der Waals surface area contributed by atoms with E-state index in [0.29, 0.717) is 17.9 Å². The number of carbonyl (C=O) groups excluding carboxylic acids is 1. The summed E-state index contributed by atoms with van der Waals surface area (Å²) in [4.78, 5) is 30.3. The van der Waals surface area contributed by atoms with Gasteiger partial charge >= 0.3 is 0 Å². The molecular weight excluding hydrogens is 337 g/mol. The quantitative estimate of drug-likeness (QED) is 0.820. The zero-order valence-electron chi connectivity index (χ0n) is 14.6. The first-order valence-electron chi connectivity index (χ1n) is 8.53. The molecule has 1 saturated heterocycles. The third kappa shape index (κ3) is 3.91. The van der Waals surface area contributed by atoms with Crippen LogP contribution in [0.15, 0.2) is 41.5 Å². The highest BCUT2D eigenvalue weighted by Gasteiger charge is 2.27. The molecule has 1 amide bonds. The summed E-state index contributed by atoms with van der Waals surface area (Å²) in [6.45, 7) is 1.26. The van der Waals surface area contributed by atoms with Crippen LogP contribution >= 0.6 is 0 Å². The Morgan fingerprint density at radius 3 is 2.81 bits per heavy atom. The normalized spacial score (nSPS) is 18.5. The summed E-state index contributed by atoms with van der Waals surface area (Å²) in [6, 6.07) is 4.94. The Balaban J connectivity index is 1.76. The van der Waals surface area contributed by atoms with E-state index in [-0.39, 0.29) is 17.4 Å². The minimum atomic E-state index is -0.716. The van der Waals surface area contributed by atoms with Gasteiger partial charge in [0.15, 0.2) is 5.82 Å². The number of nitrogens with one attached hydrogen (secondary N) is 1. The monoisotopic (exact) mass is 359 g/mol. The van der Waals surface area contributed by atoms with Gasteiger partial charge in [0.1, 0.15) is 11.9 Å². The van der Waals surface area contributed by atoms with Crippen molar-refractivity contribution in [2.24, 2.45) is 12.8 Å². The SMILES string of the molecule is Cn1ccnc(N2CCCC(NC(C(N)=O)c3ccc(F)cc3)C2)c1=O. The number of hydrogen-bond donors (Lipinski definition) is 2. The van der Waals surface area contributed by atoms with Crippen molar-refractivity contribution in [3.63, 3.8) is 0 Å². The summed E-state index contributed by atoms with van der Waals surface area (Å²) in [5.74, 6) is -0.492. The summed E-state index contributed by atoms with van der Waals surface area (Å²) in [5.41, 5.74) is 6.00. The highest BCUT2D eigenvalue weighted by Crippen LogP contribution is 2.19. The van der Waals surface area contributed by atoms with Crippen LogP contribution in [-0.2, 0) is 11.8 Å². The largest absolute Gasteiger partial charge is 0.368 e. The van der Waals surface area contributed by atoms with Gasteiger partial charge in [-0.1, -0.05) is 12.1 Å². The molecule has 0 radical (unpaired) electrons. The Morgan fingerprint density at radius 1 is 1.38 bits per heavy atom. The van der Waals surface area contributed by atoms with E-state index < -0.39 is 11.9 Å². The summed E-state index contributed by atoms with van der Waals surface area (Å²) in [6.07, 6.45) is 4.91. The Morgan fingerprint density at radius 2 is 2.12 bits per heavy atom. The van der Waals surface area contributed by atoms with E-state index in [9.17, 15) is 14.0 Å². The molecule has 0 aliphatic carbocycles. The maximum atomic E-state index is 13.1. The summed E-state index contributed by atoms with van der Waals surface area (Å²) in [5, 5.41) is 3.25. The lowest BCUT2D eigenvalue weighted by Gasteiger charge is -2.35. The highest BCUT2D eigenvalue weighted by molar-refractivity contribution is 5.81. The van der Waals surface area contributed by atoms with Crippen molar-refractivity contribution >= 4 is 11.7 Å². The molecule has 7 nitrogen and oxygen atoms in total. The van der Waals surface area contributed by atoms with E-state index in [2.05, 4.69) is 10.3 Å². The first kappa shape index (κ1) is 18.1. The van der Waals surface area contributed by atoms with Gasteiger partial charge in [-0.25, -0.2) is 9.37 Å². The maximum absolute atomic E-state index is 13.1. The van der Waals surface area contributed by atoms with Crippen LogP contribution in [-0.4, -0.2) is 34.6 Å². The van der Waals surface area contributed by atoms with Crippen molar-refractivity contribution in [2.45, 2.75) is 24.9 Å². The molecule has 2 unspecified atom stereocenters. The molecule has 1 aliphatic heterocycles. The van der Waals surface area contributed by atoms with Crippen molar-refractivity contribution in [1.29, 1.82) is 0 Å². The third-order valence-electron chi connectivity index (χ3n) is 4.61. The molecule has 2 atom stereocenters. The fourth-order valence-corrected chi connectivity index (χ4v) is 3.24. The molecule has 26 heavy (non-hydrogen) atoms. The average molecular weight is 359 g/mol. The van der Waals surface area contributed by atoms with Crippen LogP contribution in [0.1, 0.15) is 24.4 Å². The molecular formula is C18H22FN5O2. The van der Waals surface area contributed by atoms with Crippen LogP contribution in [0.5, 0.6) is 0 Å². The average Bonchev–Trinajstić information content (AvgIpc) is 2.63. The Bertz CT molecular complexity index is 836. The standard InChI is InChI=1S/C18H22FN5O2/c1-23-10-8-21-17(18(23)26)24-9-2-3-14(11-24)22-15(16(20)25)12-4-6-13(19)7-5-12/h4-8,10,14-15,22H,2-3,9,11H2,1H3,(H2,20,25). The Labute approximate surface area is 150 Å². The lowest BCUT2D eigenvalue weighted by atomic mass is 10.0. The van der Waals surface area contributed by atoms with Crippen molar-refractivity contribution in [3.8, 4) is 0 Å². The molecule has 1 fully saturated rings. The lowest BCUT2D eigenvalue weighted by molar-refractivity contribution is -0.120. The summed E-state index contributed by atoms with van der Waals surface area (Å²) in [7, 11) is 1.69. The molecule has 0 spiro atoms. The fourth-order valence-electron chi connectivity index (χ4n) is 3.24. The minimum Gasteiger partial charge on any atom is -0.368 e. The topological polar surface area (TPSA) is 93.2 Å². The fraction of sp³-hybridized carbons (Fsp3) is 0.389. The zero-order chi connectivity index (χ0) is 18.7. The van der Waals surface area contributed by atoms with Gasteiger partial charge in [-0.2, -0.15) is 0 Å². The van der Waals surface area contributed by atoms with Crippen LogP contribution in [0, 0.1) is 5.82 Å². The smallest absolute Gasteiger partial charge is 0.293 e. The molecule has 2 heterocycles. The van der Waals surface area contributed by atoms with Crippen LogP contribution in [0.25, 0.3) is 0 Å². The van der Waals surface area contributed by atoms with Crippen molar-refractivity contribution < 1.29 is 9.18 Å². The van der Waals surface area contributed by atoms with Gasteiger partial charge in [0.05, 0.1) is 0 Å². The van der Waals surface area contributed by atoms with Crippen LogP contribution < -0.4 is 21.5 Å². The van der Waals surface area contributed by atoms with Gasteiger partial charge in [0.25, 0.3) is 5.56 Å². The third-order valence-corrected chi connectivity index (χ3v) is 4.61. The molecule has 0 saturated carbocycles. The van der Waals surface area contributed by atoms with Gasteiger partial charge in [0.2, 0.25) is 5.91 Å². The molecule has 0 bridgehead atoms. The number of carbonyl (C=O) groups is 1. The van der Waals surface area contributed by atoms with E-state index in [1.807, 2.05) is 4.90 Å². The number of nitrogens with two attached hydrogens (primary N) is 1. The van der Waals surface area contributed by atoms with E-state index in [1.165, 1.54) is 16.7 Å². The number of piperidine rings is 1. The summed E-state index contributed by atoms with van der Waals surface area (Å²) >= 11 is 0. The van der Waals surface area contributed by atoms with Gasteiger partial charge < -0.3 is 15.2 Å². The number of hydrogen-bond acceptors (Lipinski definition) is 5. The minimum absolute atomic E-state index is 0.0435. The number of anilines is 1. The predicted octanol–water partition coefficient (Wildman–Crippen LogP) is 0.704. The van der Waals surface area contributed by atoms with Crippen LogP contribution in [0.3, 0.4) is 0 Å². The number of primary amides is 1. The van der Waals surface area contributed by atoms with Crippen molar-refractivity contribution in [3.05, 3.63) is 58.4 Å². The highest BCUT2D eigenvalue weighted by atomic mass is 19.1. The van der Waals surface area contributed by atoms with Gasteiger partial charge in [-0.05, 0) is 30.5 Å². The number of rotatable bonds is 5. The number of aromatic nitrogens is 2. The Kier molecular flexibility index (Phi) is 5.32. The van der Waals surface area contributed by atoms with E-state index in [0.717, 1.165) is 19.4 Å². The van der Waals surface area contributed by atoms with E-state index in [1.54, 1.807) is 31.6 Å². The predicted molar refractivity (Wildman–Crippen MR) is 96.2 cm³/mol. The second-order valence-corrected chi connectivity index (χ2v) is 6.51. The number of aryl methyl sites for hydroxylation is 1. The molecule has 2 aromatic rings. The number of amides is 1.